The summed E-state index contributed by atoms with van der Waals surface area (Å²) >= 11 is 1.21. The van der Waals surface area contributed by atoms with Gasteiger partial charge in [0.05, 0.1) is 5.69 Å². The van der Waals surface area contributed by atoms with Crippen LogP contribution in [0.15, 0.2) is 0 Å². The Morgan fingerprint density at radius 2 is 2.25 bits per heavy atom. The van der Waals surface area contributed by atoms with Crippen LogP contribution in [0.5, 0.6) is 0 Å². The second-order valence-electron chi connectivity index (χ2n) is 3.51. The van der Waals surface area contributed by atoms with Gasteiger partial charge in [-0.05, 0) is 26.2 Å². The molecule has 0 atom stereocenters. The van der Waals surface area contributed by atoms with E-state index in [0.29, 0.717) is 22.2 Å². The van der Waals surface area contributed by atoms with Crippen LogP contribution in [0, 0.1) is 6.92 Å². The summed E-state index contributed by atoms with van der Waals surface area (Å²) in [5, 5.41) is 11.8. The van der Waals surface area contributed by atoms with Crippen molar-refractivity contribution in [3.63, 3.8) is 0 Å². The number of aliphatic hydroxyl groups is 1. The summed E-state index contributed by atoms with van der Waals surface area (Å²) in [7, 11) is 0. The Kier molecular flexibility index (Phi) is 5.21. The first-order valence-electron chi connectivity index (χ1n) is 5.27. The molecule has 0 fully saturated rings. The lowest BCUT2D eigenvalue weighted by molar-refractivity contribution is 0.0956. The molecule has 1 aromatic heterocycles. The summed E-state index contributed by atoms with van der Waals surface area (Å²) in [5.41, 5.74) is 6.19. The number of nitrogen functional groups attached to an aromatic ring is 1. The molecule has 0 aliphatic rings. The Hall–Kier alpha value is -1.14. The molecule has 5 nitrogen and oxygen atoms in total. The van der Waals surface area contributed by atoms with Crippen LogP contribution in [-0.4, -0.2) is 29.1 Å². The average molecular weight is 243 g/mol. The molecule has 1 amide bonds. The summed E-state index contributed by atoms with van der Waals surface area (Å²) < 4.78 is 0. The third kappa shape index (κ3) is 3.79. The first-order chi connectivity index (χ1) is 7.65. The summed E-state index contributed by atoms with van der Waals surface area (Å²) in [4.78, 5) is 16.2. The number of aliphatic hydroxyl groups excluding tert-OH is 1. The first kappa shape index (κ1) is 12.9. The molecule has 0 saturated heterocycles. The van der Waals surface area contributed by atoms with E-state index in [1.54, 1.807) is 6.92 Å². The molecular formula is C10H17N3O2S. The van der Waals surface area contributed by atoms with Crippen molar-refractivity contribution in [1.29, 1.82) is 0 Å². The molecule has 0 saturated carbocycles. The van der Waals surface area contributed by atoms with E-state index in [-0.39, 0.29) is 12.5 Å². The van der Waals surface area contributed by atoms with Crippen LogP contribution in [0.2, 0.25) is 0 Å². The Labute approximate surface area is 98.7 Å². The van der Waals surface area contributed by atoms with E-state index in [4.69, 9.17) is 10.8 Å². The zero-order valence-electron chi connectivity index (χ0n) is 9.32. The normalized spacial score (nSPS) is 10.4. The van der Waals surface area contributed by atoms with Crippen molar-refractivity contribution in [3.8, 4) is 0 Å². The molecule has 0 aliphatic carbocycles. The SMILES string of the molecule is Cc1nc(N)sc1C(=O)NCCCCCO. The van der Waals surface area contributed by atoms with Crippen molar-refractivity contribution in [2.75, 3.05) is 18.9 Å². The fraction of sp³-hybridized carbons (Fsp3) is 0.600. The molecule has 90 valence electrons. The third-order valence-corrected chi connectivity index (χ3v) is 3.13. The van der Waals surface area contributed by atoms with Crippen LogP contribution in [-0.2, 0) is 0 Å². The monoisotopic (exact) mass is 243 g/mol. The minimum Gasteiger partial charge on any atom is -0.396 e. The number of aryl methyl sites for hydroxylation is 1. The van der Waals surface area contributed by atoms with Gasteiger partial charge in [0, 0.05) is 13.2 Å². The number of nitrogens with two attached hydrogens (primary N) is 1. The highest BCUT2D eigenvalue weighted by molar-refractivity contribution is 7.17. The smallest absolute Gasteiger partial charge is 0.263 e. The number of hydrogen-bond donors (Lipinski definition) is 3. The number of nitrogens with zero attached hydrogens (tertiary/aromatic N) is 1. The lowest BCUT2D eigenvalue weighted by Crippen LogP contribution is -2.24. The van der Waals surface area contributed by atoms with Gasteiger partial charge in [-0.25, -0.2) is 4.98 Å². The second-order valence-corrected chi connectivity index (χ2v) is 4.54. The van der Waals surface area contributed by atoms with E-state index < -0.39 is 0 Å². The van der Waals surface area contributed by atoms with Crippen LogP contribution >= 0.6 is 11.3 Å². The average Bonchev–Trinajstić information content (AvgIpc) is 2.57. The van der Waals surface area contributed by atoms with Gasteiger partial charge >= 0.3 is 0 Å². The van der Waals surface area contributed by atoms with Crippen LogP contribution in [0.3, 0.4) is 0 Å². The summed E-state index contributed by atoms with van der Waals surface area (Å²) in [5.74, 6) is -0.115. The zero-order valence-corrected chi connectivity index (χ0v) is 10.1. The van der Waals surface area contributed by atoms with Gasteiger partial charge in [0.2, 0.25) is 0 Å². The quantitative estimate of drug-likeness (QED) is 0.648. The van der Waals surface area contributed by atoms with Crippen molar-refractivity contribution >= 4 is 22.4 Å². The maximum atomic E-state index is 11.7. The summed E-state index contributed by atoms with van der Waals surface area (Å²) in [6.07, 6.45) is 2.57. The number of unbranched alkanes of at least 4 members (excludes halogenated alkanes) is 2. The van der Waals surface area contributed by atoms with Crippen molar-refractivity contribution in [2.45, 2.75) is 26.2 Å². The number of carbonyl (C=O) groups is 1. The third-order valence-electron chi connectivity index (χ3n) is 2.14. The van der Waals surface area contributed by atoms with Gasteiger partial charge in [-0.1, -0.05) is 11.3 Å². The number of aromatic nitrogens is 1. The molecule has 4 N–H and O–H groups in total. The van der Waals surface area contributed by atoms with Crippen LogP contribution in [0.4, 0.5) is 5.13 Å². The standard InChI is InChI=1S/C10H17N3O2S/c1-7-8(16-10(11)13-7)9(15)12-5-3-2-4-6-14/h14H,2-6H2,1H3,(H2,11,13)(H,12,15). The molecule has 0 aromatic carbocycles. The number of thiazole rings is 1. The van der Waals surface area contributed by atoms with Gasteiger partial charge in [-0.2, -0.15) is 0 Å². The number of carbonyl (C=O) groups excluding carboxylic acids is 1. The van der Waals surface area contributed by atoms with Gasteiger partial charge in [-0.15, -0.1) is 0 Å². The number of hydrogen-bond acceptors (Lipinski definition) is 5. The highest BCUT2D eigenvalue weighted by Crippen LogP contribution is 2.19. The van der Waals surface area contributed by atoms with E-state index in [1.165, 1.54) is 11.3 Å². The fourth-order valence-electron chi connectivity index (χ4n) is 1.32. The predicted octanol–water partition coefficient (Wildman–Crippen LogP) is 0.926. The predicted molar refractivity (Wildman–Crippen MR) is 64.5 cm³/mol. The first-order valence-corrected chi connectivity index (χ1v) is 6.08. The molecule has 6 heteroatoms. The molecule has 0 spiro atoms. The Morgan fingerprint density at radius 1 is 1.50 bits per heavy atom. The second kappa shape index (κ2) is 6.44. The molecule has 0 radical (unpaired) electrons. The highest BCUT2D eigenvalue weighted by Gasteiger charge is 2.12. The Bertz CT molecular complexity index is 352. The van der Waals surface area contributed by atoms with Gasteiger partial charge in [0.15, 0.2) is 5.13 Å². The van der Waals surface area contributed by atoms with Gasteiger partial charge in [0.25, 0.3) is 5.91 Å². The minimum absolute atomic E-state index is 0.115. The van der Waals surface area contributed by atoms with Crippen molar-refractivity contribution in [2.24, 2.45) is 0 Å². The van der Waals surface area contributed by atoms with Gasteiger partial charge in [-0.3, -0.25) is 4.79 Å². The van der Waals surface area contributed by atoms with Crippen molar-refractivity contribution in [1.82, 2.24) is 10.3 Å². The molecule has 0 unspecified atom stereocenters. The van der Waals surface area contributed by atoms with E-state index in [9.17, 15) is 4.79 Å². The number of amides is 1. The van der Waals surface area contributed by atoms with Crippen molar-refractivity contribution in [3.05, 3.63) is 10.6 Å². The molecule has 0 aliphatic heterocycles. The van der Waals surface area contributed by atoms with E-state index in [2.05, 4.69) is 10.3 Å². The number of rotatable bonds is 6. The molecule has 16 heavy (non-hydrogen) atoms. The fourth-order valence-corrected chi connectivity index (χ4v) is 2.07. The molecule has 1 heterocycles. The molecule has 0 bridgehead atoms. The topological polar surface area (TPSA) is 88.2 Å². The zero-order chi connectivity index (χ0) is 12.0. The van der Waals surface area contributed by atoms with E-state index in [0.717, 1.165) is 19.3 Å². The van der Waals surface area contributed by atoms with Crippen LogP contribution in [0.25, 0.3) is 0 Å². The molecule has 1 aromatic rings. The maximum Gasteiger partial charge on any atom is 0.263 e. The lowest BCUT2D eigenvalue weighted by atomic mass is 10.2. The summed E-state index contributed by atoms with van der Waals surface area (Å²) in [6.45, 7) is 2.60. The Morgan fingerprint density at radius 3 is 2.81 bits per heavy atom. The van der Waals surface area contributed by atoms with Gasteiger partial charge < -0.3 is 16.2 Å². The molecule has 1 rings (SSSR count). The lowest BCUT2D eigenvalue weighted by Gasteiger charge is -2.03. The highest BCUT2D eigenvalue weighted by atomic mass is 32.1. The molecular weight excluding hydrogens is 226 g/mol. The summed E-state index contributed by atoms with van der Waals surface area (Å²) in [6, 6.07) is 0. The number of anilines is 1. The van der Waals surface area contributed by atoms with E-state index in [1.807, 2.05) is 0 Å². The van der Waals surface area contributed by atoms with E-state index >= 15 is 0 Å². The van der Waals surface area contributed by atoms with Gasteiger partial charge in [0.1, 0.15) is 4.88 Å². The maximum absolute atomic E-state index is 11.7. The largest absolute Gasteiger partial charge is 0.396 e. The minimum atomic E-state index is -0.115. The van der Waals surface area contributed by atoms with Crippen molar-refractivity contribution < 1.29 is 9.90 Å². The van der Waals surface area contributed by atoms with Crippen LogP contribution in [0.1, 0.15) is 34.6 Å². The number of nitrogens with one attached hydrogen (secondary N) is 1. The Balaban J connectivity index is 2.33. The van der Waals surface area contributed by atoms with Crippen LogP contribution < -0.4 is 11.1 Å².